The fourth-order valence-corrected chi connectivity index (χ4v) is 5.13. The third-order valence-corrected chi connectivity index (χ3v) is 6.35. The van der Waals surface area contributed by atoms with Gasteiger partial charge in [-0.2, -0.15) is 0 Å². The number of fused-ring (bicyclic) bond motifs is 3. The van der Waals surface area contributed by atoms with Gasteiger partial charge >= 0.3 is 0 Å². The van der Waals surface area contributed by atoms with Crippen LogP contribution in [0.5, 0.6) is 5.75 Å². The smallest absolute Gasteiger partial charge is 0.116 e. The number of pyridine rings is 1. The zero-order valence-corrected chi connectivity index (χ0v) is 13.4. The molecule has 5 atom stereocenters. The molecular weight excluding hydrogens is 288 g/mol. The Balaban J connectivity index is 1.64. The Bertz CT molecular complexity index is 777. The maximum absolute atomic E-state index is 9.91. The molecule has 0 amide bonds. The SMILES string of the molecule is CCC12CN3CCC1C[C@@H]3[C@H](c1ccnc3ccc(O)cc13)O2. The van der Waals surface area contributed by atoms with E-state index >= 15 is 0 Å². The van der Waals surface area contributed by atoms with Gasteiger partial charge in [0.2, 0.25) is 0 Å². The Hall–Kier alpha value is -1.65. The van der Waals surface area contributed by atoms with Crippen molar-refractivity contribution < 1.29 is 9.84 Å². The van der Waals surface area contributed by atoms with Gasteiger partial charge in [0.1, 0.15) is 5.75 Å². The molecule has 5 fully saturated rings. The molecule has 0 aliphatic carbocycles. The Labute approximate surface area is 136 Å². The van der Waals surface area contributed by atoms with Crippen molar-refractivity contribution in [2.45, 2.75) is 43.9 Å². The van der Waals surface area contributed by atoms with Crippen molar-refractivity contribution in [2.24, 2.45) is 5.92 Å². The summed E-state index contributed by atoms with van der Waals surface area (Å²) >= 11 is 0. The lowest BCUT2D eigenvalue weighted by Gasteiger charge is -2.64. The fourth-order valence-electron chi connectivity index (χ4n) is 5.13. The van der Waals surface area contributed by atoms with E-state index in [2.05, 4.69) is 22.9 Å². The van der Waals surface area contributed by atoms with Crippen LogP contribution in [0, 0.1) is 5.92 Å². The molecule has 5 aliphatic heterocycles. The molecule has 23 heavy (non-hydrogen) atoms. The largest absolute Gasteiger partial charge is 0.508 e. The summed E-state index contributed by atoms with van der Waals surface area (Å²) in [6.45, 7) is 4.55. The summed E-state index contributed by atoms with van der Waals surface area (Å²) < 4.78 is 6.74. The average molecular weight is 310 g/mol. The van der Waals surface area contributed by atoms with E-state index in [1.165, 1.54) is 24.9 Å². The van der Waals surface area contributed by atoms with E-state index in [4.69, 9.17) is 4.74 Å². The second-order valence-electron chi connectivity index (χ2n) is 7.32. The molecule has 4 nitrogen and oxygen atoms in total. The zero-order valence-electron chi connectivity index (χ0n) is 13.4. The van der Waals surface area contributed by atoms with Gasteiger partial charge in [-0.3, -0.25) is 9.88 Å². The van der Waals surface area contributed by atoms with Crippen LogP contribution in [0.1, 0.15) is 37.9 Å². The van der Waals surface area contributed by atoms with Crippen molar-refractivity contribution >= 4 is 10.9 Å². The lowest BCUT2D eigenvalue weighted by Crippen LogP contribution is -2.70. The van der Waals surface area contributed by atoms with E-state index in [0.717, 1.165) is 23.9 Å². The molecule has 0 radical (unpaired) electrons. The topological polar surface area (TPSA) is 45.6 Å². The minimum absolute atomic E-state index is 0.0179. The first-order valence-electron chi connectivity index (χ1n) is 8.70. The molecule has 1 N–H and O–H groups in total. The predicted molar refractivity (Wildman–Crippen MR) is 88.3 cm³/mol. The van der Waals surface area contributed by atoms with Crippen LogP contribution >= 0.6 is 0 Å². The molecule has 3 unspecified atom stereocenters. The average Bonchev–Trinajstić information content (AvgIpc) is 2.61. The summed E-state index contributed by atoms with van der Waals surface area (Å²) in [5.41, 5.74) is 2.12. The van der Waals surface area contributed by atoms with E-state index in [-0.39, 0.29) is 11.7 Å². The van der Waals surface area contributed by atoms with Crippen LogP contribution < -0.4 is 0 Å². The molecular formula is C19H22N2O2. The lowest BCUT2D eigenvalue weighted by molar-refractivity contribution is -0.274. The second-order valence-corrected chi connectivity index (χ2v) is 7.32. The molecule has 1 aromatic carbocycles. The highest BCUT2D eigenvalue weighted by atomic mass is 16.5. The van der Waals surface area contributed by atoms with Crippen molar-refractivity contribution in [1.82, 2.24) is 9.88 Å². The third kappa shape index (κ3) is 1.82. The maximum Gasteiger partial charge on any atom is 0.116 e. The molecule has 5 aliphatic rings. The number of aromatic nitrogens is 1. The normalized spacial score (nSPS) is 38.3. The summed E-state index contributed by atoms with van der Waals surface area (Å²) in [7, 11) is 0. The molecule has 4 heteroatoms. The monoisotopic (exact) mass is 310 g/mol. The van der Waals surface area contributed by atoms with Gasteiger partial charge in [0.25, 0.3) is 0 Å². The molecule has 120 valence electrons. The zero-order chi connectivity index (χ0) is 15.6. The number of morpholine rings is 1. The summed E-state index contributed by atoms with van der Waals surface area (Å²) in [4.78, 5) is 7.08. The molecule has 4 bridgehead atoms. The first-order valence-corrected chi connectivity index (χ1v) is 8.70. The molecule has 7 rings (SSSR count). The number of nitrogens with zero attached hydrogens (tertiary/aromatic N) is 2. The summed E-state index contributed by atoms with van der Waals surface area (Å²) in [6, 6.07) is 7.96. The van der Waals surface area contributed by atoms with Crippen LogP contribution in [0.4, 0.5) is 0 Å². The van der Waals surface area contributed by atoms with Gasteiger partial charge in [-0.25, -0.2) is 0 Å². The highest BCUT2D eigenvalue weighted by molar-refractivity contribution is 5.83. The van der Waals surface area contributed by atoms with E-state index in [9.17, 15) is 5.11 Å². The van der Waals surface area contributed by atoms with Gasteiger partial charge in [0.05, 0.1) is 17.2 Å². The van der Waals surface area contributed by atoms with Gasteiger partial charge in [-0.05, 0) is 61.6 Å². The Morgan fingerprint density at radius 1 is 1.39 bits per heavy atom. The molecule has 0 spiro atoms. The van der Waals surface area contributed by atoms with Crippen molar-refractivity contribution in [1.29, 1.82) is 0 Å². The number of aromatic hydroxyl groups is 1. The van der Waals surface area contributed by atoms with E-state index < -0.39 is 0 Å². The van der Waals surface area contributed by atoms with Crippen molar-refractivity contribution in [2.75, 3.05) is 13.1 Å². The van der Waals surface area contributed by atoms with Gasteiger partial charge in [-0.1, -0.05) is 6.92 Å². The van der Waals surface area contributed by atoms with Crippen molar-refractivity contribution in [3.8, 4) is 5.75 Å². The van der Waals surface area contributed by atoms with E-state index in [0.29, 0.717) is 17.7 Å². The first kappa shape index (κ1) is 13.8. The number of piperidine rings is 3. The van der Waals surface area contributed by atoms with Gasteiger partial charge in [-0.15, -0.1) is 0 Å². The standard InChI is InChI=1S/C19H22N2O2/c1-2-19-11-21-8-6-12(19)9-17(21)18(23-19)14-5-7-20-16-4-3-13(22)10-15(14)16/h3-5,7,10,12,17-18,22H,2,6,8-9,11H2,1H3/t12?,17-,18+,19?/m1/s1. The number of ether oxygens (including phenoxy) is 1. The fraction of sp³-hybridized carbons (Fsp3) is 0.526. The van der Waals surface area contributed by atoms with Crippen LogP contribution in [-0.4, -0.2) is 39.7 Å². The van der Waals surface area contributed by atoms with E-state index in [1.54, 1.807) is 6.07 Å². The molecule has 5 saturated heterocycles. The first-order chi connectivity index (χ1) is 11.2. The minimum Gasteiger partial charge on any atom is -0.508 e. The number of hydrogen-bond donors (Lipinski definition) is 1. The van der Waals surface area contributed by atoms with Gasteiger partial charge < -0.3 is 9.84 Å². The number of rotatable bonds is 2. The lowest BCUT2D eigenvalue weighted by atomic mass is 9.66. The molecule has 6 heterocycles. The summed E-state index contributed by atoms with van der Waals surface area (Å²) in [6.07, 6.45) is 5.54. The summed E-state index contributed by atoms with van der Waals surface area (Å²) in [5.74, 6) is 1.00. The van der Waals surface area contributed by atoms with E-state index in [1.807, 2.05) is 18.3 Å². The quantitative estimate of drug-likeness (QED) is 0.925. The van der Waals surface area contributed by atoms with Crippen LogP contribution in [0.25, 0.3) is 10.9 Å². The Morgan fingerprint density at radius 2 is 2.30 bits per heavy atom. The molecule has 0 saturated carbocycles. The number of phenols is 1. The highest BCUT2D eigenvalue weighted by Gasteiger charge is 2.58. The van der Waals surface area contributed by atoms with Crippen molar-refractivity contribution in [3.05, 3.63) is 36.0 Å². The second kappa shape index (κ2) is 4.68. The number of phenolic OH excluding ortho intramolecular Hbond substituents is 1. The minimum atomic E-state index is 0.0179. The third-order valence-electron chi connectivity index (χ3n) is 6.35. The van der Waals surface area contributed by atoms with Crippen LogP contribution in [0.2, 0.25) is 0 Å². The highest BCUT2D eigenvalue weighted by Crippen LogP contribution is 2.54. The maximum atomic E-state index is 9.91. The predicted octanol–water partition coefficient (Wildman–Crippen LogP) is 3.25. The van der Waals surface area contributed by atoms with Crippen LogP contribution in [0.15, 0.2) is 30.5 Å². The van der Waals surface area contributed by atoms with Crippen molar-refractivity contribution in [3.63, 3.8) is 0 Å². The van der Waals surface area contributed by atoms with Gasteiger partial charge in [0.15, 0.2) is 0 Å². The number of hydrogen-bond acceptors (Lipinski definition) is 4. The van der Waals surface area contributed by atoms with Gasteiger partial charge in [0, 0.05) is 24.2 Å². The van der Waals surface area contributed by atoms with Crippen LogP contribution in [0.3, 0.4) is 0 Å². The Morgan fingerprint density at radius 3 is 3.09 bits per heavy atom. The number of benzene rings is 1. The Kier molecular flexibility index (Phi) is 2.80. The molecule has 1 aromatic heterocycles. The molecule has 2 aromatic rings. The summed E-state index contributed by atoms with van der Waals surface area (Å²) in [5, 5.41) is 10.9. The van der Waals surface area contributed by atoms with Crippen LogP contribution in [-0.2, 0) is 4.74 Å².